The monoisotopic (exact) mass is 493 g/mol. The van der Waals surface area contributed by atoms with E-state index in [1.165, 1.54) is 16.7 Å². The fourth-order valence-electron chi connectivity index (χ4n) is 5.15. The molecular weight excluding hydrogens is 453 g/mol. The number of likely N-dealkylation sites (tertiary alicyclic amines) is 1. The summed E-state index contributed by atoms with van der Waals surface area (Å²) in [5.74, 6) is 2.78. The Morgan fingerprint density at radius 1 is 1.11 bits per heavy atom. The molecule has 0 aliphatic carbocycles. The number of unbranched alkanes of at least 4 members (excludes halogenated alkanes) is 1. The van der Waals surface area contributed by atoms with Crippen LogP contribution in [-0.4, -0.2) is 44.9 Å². The Bertz CT molecular complexity index is 1070. The number of ether oxygens (including phenoxy) is 3. The van der Waals surface area contributed by atoms with Crippen LogP contribution >= 0.6 is 0 Å². The van der Waals surface area contributed by atoms with Crippen molar-refractivity contribution in [2.75, 3.05) is 40.0 Å². The molecule has 0 aromatic heterocycles. The Kier molecular flexibility index (Phi) is 9.08. The van der Waals surface area contributed by atoms with E-state index in [4.69, 9.17) is 14.2 Å². The molecule has 2 aliphatic heterocycles. The van der Waals surface area contributed by atoms with Crippen molar-refractivity contribution in [3.63, 3.8) is 0 Å². The van der Waals surface area contributed by atoms with Gasteiger partial charge >= 0.3 is 0 Å². The van der Waals surface area contributed by atoms with E-state index < -0.39 is 0 Å². The van der Waals surface area contributed by atoms with E-state index in [-0.39, 0.29) is 18.7 Å². The smallest absolute Gasteiger partial charge is 0.149 e. The van der Waals surface area contributed by atoms with Crippen LogP contribution < -0.4 is 14.2 Å². The van der Waals surface area contributed by atoms with Crippen LogP contribution in [0.1, 0.15) is 63.7 Å². The molecule has 1 saturated heterocycles. The number of allylic oxidation sites excluding steroid dienone is 2. The van der Waals surface area contributed by atoms with E-state index in [9.17, 15) is 4.39 Å². The van der Waals surface area contributed by atoms with Crippen molar-refractivity contribution in [1.29, 1.82) is 0 Å². The minimum Gasteiger partial charge on any atom is -0.497 e. The van der Waals surface area contributed by atoms with E-state index in [1.807, 2.05) is 24.3 Å². The zero-order valence-electron chi connectivity index (χ0n) is 22.2. The van der Waals surface area contributed by atoms with E-state index in [1.54, 1.807) is 7.11 Å². The average molecular weight is 494 g/mol. The Labute approximate surface area is 215 Å². The minimum absolute atomic E-state index is 0.173. The molecule has 0 N–H and O–H groups in total. The number of halogens is 1. The van der Waals surface area contributed by atoms with Gasteiger partial charge in [0.15, 0.2) is 0 Å². The molecule has 2 heterocycles. The van der Waals surface area contributed by atoms with Gasteiger partial charge in [-0.3, -0.25) is 9.29 Å². The van der Waals surface area contributed by atoms with Gasteiger partial charge in [0.05, 0.1) is 13.8 Å². The lowest BCUT2D eigenvalue weighted by molar-refractivity contribution is 0.0668. The van der Waals surface area contributed by atoms with Gasteiger partial charge in [0.2, 0.25) is 0 Å². The molecule has 36 heavy (non-hydrogen) atoms. The molecule has 0 bridgehead atoms. The topological polar surface area (TPSA) is 30.9 Å². The molecule has 1 fully saturated rings. The summed E-state index contributed by atoms with van der Waals surface area (Å²) in [6, 6.07) is 14.4. The number of methoxy groups -OCH3 is 1. The third-order valence-corrected chi connectivity index (χ3v) is 7.21. The standard InChI is InChI=1S/C31H40FNO3/c1-5-7-9-24(8-6-2)30-22(3)28-18-27(34-4)14-15-29(28)36-31(30)25-10-12-26(13-11-25)35-17-16-33-20-23(19-32)21-33/h8,10-15,18,23,31H,5-7,9,16-17,19-21H2,1-4H3/b24-8+. The molecule has 1 unspecified atom stereocenters. The summed E-state index contributed by atoms with van der Waals surface area (Å²) in [5, 5.41) is 0. The van der Waals surface area contributed by atoms with Crippen LogP contribution in [0.4, 0.5) is 4.39 Å². The lowest BCUT2D eigenvalue weighted by atomic mass is 9.83. The first-order chi connectivity index (χ1) is 17.6. The van der Waals surface area contributed by atoms with Crippen molar-refractivity contribution in [2.24, 2.45) is 5.92 Å². The van der Waals surface area contributed by atoms with Gasteiger partial charge < -0.3 is 14.2 Å². The number of alkyl halides is 1. The Morgan fingerprint density at radius 2 is 1.86 bits per heavy atom. The van der Waals surface area contributed by atoms with Crippen LogP contribution in [0.15, 0.2) is 59.7 Å². The van der Waals surface area contributed by atoms with E-state index in [2.05, 4.69) is 49.9 Å². The summed E-state index contributed by atoms with van der Waals surface area (Å²) >= 11 is 0. The highest BCUT2D eigenvalue weighted by atomic mass is 19.1. The van der Waals surface area contributed by atoms with Crippen molar-refractivity contribution in [3.8, 4) is 17.2 Å². The number of benzene rings is 2. The third kappa shape index (κ3) is 5.95. The Balaban J connectivity index is 1.56. The molecule has 4 rings (SSSR count). The molecule has 4 nitrogen and oxygen atoms in total. The second kappa shape index (κ2) is 12.4. The summed E-state index contributed by atoms with van der Waals surface area (Å²) in [7, 11) is 1.70. The van der Waals surface area contributed by atoms with Crippen molar-refractivity contribution < 1.29 is 18.6 Å². The maximum absolute atomic E-state index is 12.6. The van der Waals surface area contributed by atoms with Crippen LogP contribution in [-0.2, 0) is 0 Å². The first kappa shape index (κ1) is 26.3. The third-order valence-electron chi connectivity index (χ3n) is 7.21. The SMILES string of the molecule is CC/C=C(\CCCC)C1=C(C)c2cc(OC)ccc2OC1c1ccc(OCCN2CC(CF)C2)cc1. The largest absolute Gasteiger partial charge is 0.497 e. The van der Waals surface area contributed by atoms with Gasteiger partial charge in [0.1, 0.15) is 30.0 Å². The highest BCUT2D eigenvalue weighted by Gasteiger charge is 2.30. The minimum atomic E-state index is -0.219. The molecule has 1 atom stereocenters. The second-order valence-corrected chi connectivity index (χ2v) is 9.84. The molecule has 2 aromatic rings. The zero-order chi connectivity index (χ0) is 25.5. The molecule has 0 spiro atoms. The van der Waals surface area contributed by atoms with Gasteiger partial charge in [-0.15, -0.1) is 0 Å². The van der Waals surface area contributed by atoms with Gasteiger partial charge in [-0.1, -0.05) is 38.5 Å². The average Bonchev–Trinajstić information content (AvgIpc) is 2.88. The molecular formula is C31H40FNO3. The normalized spacial score (nSPS) is 18.5. The molecule has 0 amide bonds. The van der Waals surface area contributed by atoms with E-state index in [0.29, 0.717) is 6.61 Å². The number of rotatable bonds is 12. The molecule has 2 aliphatic rings. The summed E-state index contributed by atoms with van der Waals surface area (Å²) < 4.78 is 30.8. The number of hydrogen-bond donors (Lipinski definition) is 0. The molecule has 0 saturated carbocycles. The lowest BCUT2D eigenvalue weighted by Gasteiger charge is -2.37. The first-order valence-corrected chi connectivity index (χ1v) is 13.3. The van der Waals surface area contributed by atoms with Crippen molar-refractivity contribution in [1.82, 2.24) is 4.90 Å². The predicted octanol–water partition coefficient (Wildman–Crippen LogP) is 7.41. The van der Waals surface area contributed by atoms with Crippen LogP contribution in [0.5, 0.6) is 17.2 Å². The summed E-state index contributed by atoms with van der Waals surface area (Å²) in [6.45, 7) is 9.54. The van der Waals surface area contributed by atoms with Crippen molar-refractivity contribution in [2.45, 2.75) is 52.6 Å². The number of fused-ring (bicyclic) bond motifs is 1. The van der Waals surface area contributed by atoms with Gasteiger partial charge in [-0.25, -0.2) is 0 Å². The summed E-state index contributed by atoms with van der Waals surface area (Å²) in [6.07, 6.45) is 6.52. The lowest BCUT2D eigenvalue weighted by Crippen LogP contribution is -2.49. The number of nitrogens with zero attached hydrogens (tertiary/aromatic N) is 1. The quantitative estimate of drug-likeness (QED) is 0.308. The summed E-state index contributed by atoms with van der Waals surface area (Å²) in [5.41, 5.74) is 6.10. The highest BCUT2D eigenvalue weighted by molar-refractivity contribution is 5.79. The maximum atomic E-state index is 12.6. The fourth-order valence-corrected chi connectivity index (χ4v) is 5.15. The first-order valence-electron chi connectivity index (χ1n) is 13.3. The molecule has 0 radical (unpaired) electrons. The highest BCUT2D eigenvalue weighted by Crippen LogP contribution is 2.47. The van der Waals surface area contributed by atoms with Gasteiger partial charge in [0.25, 0.3) is 0 Å². The van der Waals surface area contributed by atoms with Gasteiger partial charge in [-0.05, 0) is 73.2 Å². The van der Waals surface area contributed by atoms with Gasteiger partial charge in [0, 0.05) is 36.7 Å². The maximum Gasteiger partial charge on any atom is 0.149 e. The molecule has 194 valence electrons. The van der Waals surface area contributed by atoms with Crippen LogP contribution in [0.2, 0.25) is 0 Å². The Hall–Kier alpha value is -2.79. The molecule has 5 heteroatoms. The second-order valence-electron chi connectivity index (χ2n) is 9.84. The number of hydrogen-bond acceptors (Lipinski definition) is 4. The van der Waals surface area contributed by atoms with E-state index >= 15 is 0 Å². The Morgan fingerprint density at radius 3 is 2.53 bits per heavy atom. The van der Waals surface area contributed by atoms with Gasteiger partial charge in [-0.2, -0.15) is 0 Å². The van der Waals surface area contributed by atoms with Crippen molar-refractivity contribution in [3.05, 3.63) is 70.8 Å². The zero-order valence-corrected chi connectivity index (χ0v) is 22.2. The van der Waals surface area contributed by atoms with Crippen LogP contribution in [0, 0.1) is 5.92 Å². The fraction of sp³-hybridized carbons (Fsp3) is 0.484. The predicted molar refractivity (Wildman–Crippen MR) is 145 cm³/mol. The van der Waals surface area contributed by atoms with Crippen LogP contribution in [0.25, 0.3) is 5.57 Å². The van der Waals surface area contributed by atoms with Crippen LogP contribution in [0.3, 0.4) is 0 Å². The van der Waals surface area contributed by atoms with Crippen molar-refractivity contribution >= 4 is 5.57 Å². The summed E-state index contributed by atoms with van der Waals surface area (Å²) in [4.78, 5) is 2.23. The molecule has 2 aromatic carbocycles. The van der Waals surface area contributed by atoms with E-state index in [0.717, 1.165) is 73.7 Å².